The summed E-state index contributed by atoms with van der Waals surface area (Å²) in [6, 6.07) is 16.7. The van der Waals surface area contributed by atoms with Crippen molar-refractivity contribution in [2.45, 2.75) is 12.1 Å². The minimum Gasteiger partial charge on any atom is -0.411 e. The number of anilines is 1. The van der Waals surface area contributed by atoms with E-state index in [0.717, 1.165) is 27.8 Å². The third-order valence-corrected chi connectivity index (χ3v) is 5.01. The summed E-state index contributed by atoms with van der Waals surface area (Å²) >= 11 is 7.06. The molecule has 0 fully saturated rings. The molecule has 2 aromatic carbocycles. The highest BCUT2D eigenvalue weighted by Gasteiger charge is 2.13. The molecule has 8 heteroatoms. The van der Waals surface area contributed by atoms with Gasteiger partial charge in [0.1, 0.15) is 0 Å². The maximum absolute atomic E-state index is 12.4. The van der Waals surface area contributed by atoms with Crippen LogP contribution in [-0.2, 0) is 4.79 Å². The molecule has 0 aliphatic carbocycles. The molecule has 0 saturated heterocycles. The van der Waals surface area contributed by atoms with Gasteiger partial charge in [0, 0.05) is 21.7 Å². The van der Waals surface area contributed by atoms with Crippen molar-refractivity contribution >= 4 is 45.9 Å². The number of aromatic nitrogens is 3. The average molecular weight is 411 g/mol. The highest BCUT2D eigenvalue weighted by molar-refractivity contribution is 7.99. The number of hydrogen-bond donors (Lipinski definition) is 1. The number of carbonyl (C=O) groups is 1. The van der Waals surface area contributed by atoms with Crippen LogP contribution in [0.3, 0.4) is 0 Å². The summed E-state index contributed by atoms with van der Waals surface area (Å²) in [7, 11) is 0. The second kappa shape index (κ2) is 8.00. The minimum absolute atomic E-state index is 0.151. The molecule has 2 aromatic heterocycles. The van der Waals surface area contributed by atoms with Crippen molar-refractivity contribution < 1.29 is 9.21 Å². The zero-order chi connectivity index (χ0) is 19.5. The average Bonchev–Trinajstić information content (AvgIpc) is 3.16. The van der Waals surface area contributed by atoms with Gasteiger partial charge < -0.3 is 9.73 Å². The molecule has 0 unspecified atom stereocenters. The van der Waals surface area contributed by atoms with Crippen LogP contribution in [0, 0.1) is 6.92 Å². The summed E-state index contributed by atoms with van der Waals surface area (Å²) in [5.74, 6) is 0.375. The topological polar surface area (TPSA) is 80.9 Å². The Hall–Kier alpha value is -2.90. The Kier molecular flexibility index (Phi) is 5.27. The van der Waals surface area contributed by atoms with Crippen LogP contribution in [0.15, 0.2) is 64.2 Å². The second-order valence-electron chi connectivity index (χ2n) is 6.05. The zero-order valence-electron chi connectivity index (χ0n) is 14.8. The lowest BCUT2D eigenvalue weighted by Gasteiger charge is -2.09. The molecule has 6 nitrogen and oxygen atoms in total. The van der Waals surface area contributed by atoms with E-state index in [0.29, 0.717) is 16.1 Å². The molecule has 0 atom stereocenters. The first-order valence-electron chi connectivity index (χ1n) is 8.47. The first-order valence-corrected chi connectivity index (χ1v) is 9.83. The molecule has 4 rings (SSSR count). The normalized spacial score (nSPS) is 10.9. The summed E-state index contributed by atoms with van der Waals surface area (Å²) < 4.78 is 5.61. The molecular weight excluding hydrogens is 396 g/mol. The van der Waals surface area contributed by atoms with Gasteiger partial charge in [0.15, 0.2) is 0 Å². The van der Waals surface area contributed by atoms with Crippen molar-refractivity contribution in [1.29, 1.82) is 0 Å². The van der Waals surface area contributed by atoms with Gasteiger partial charge in [-0.2, -0.15) is 0 Å². The van der Waals surface area contributed by atoms with Gasteiger partial charge in [0.2, 0.25) is 11.8 Å². The molecule has 0 radical (unpaired) electrons. The van der Waals surface area contributed by atoms with Gasteiger partial charge in [-0.15, -0.1) is 10.2 Å². The van der Waals surface area contributed by atoms with E-state index in [2.05, 4.69) is 20.5 Å². The SMILES string of the molecule is Cc1cc(NC(=O)CSc2nnc(-c3ccc(Cl)cc3)o2)c2ccccc2n1. The van der Waals surface area contributed by atoms with Crippen molar-refractivity contribution in [3.05, 3.63) is 65.3 Å². The molecule has 140 valence electrons. The Morgan fingerprint density at radius 2 is 1.93 bits per heavy atom. The van der Waals surface area contributed by atoms with E-state index in [9.17, 15) is 4.79 Å². The fraction of sp³-hybridized carbons (Fsp3) is 0.100. The first-order chi connectivity index (χ1) is 13.6. The lowest BCUT2D eigenvalue weighted by atomic mass is 10.1. The van der Waals surface area contributed by atoms with Crippen LogP contribution >= 0.6 is 23.4 Å². The summed E-state index contributed by atoms with van der Waals surface area (Å²) in [6.07, 6.45) is 0. The van der Waals surface area contributed by atoms with Gasteiger partial charge in [-0.25, -0.2) is 0 Å². The van der Waals surface area contributed by atoms with Crippen molar-refractivity contribution in [2.75, 3.05) is 11.1 Å². The van der Waals surface area contributed by atoms with Crippen LogP contribution in [0.4, 0.5) is 5.69 Å². The molecule has 0 aliphatic heterocycles. The quantitative estimate of drug-likeness (QED) is 0.467. The number of fused-ring (bicyclic) bond motifs is 1. The van der Waals surface area contributed by atoms with Crippen molar-refractivity contribution in [3.8, 4) is 11.5 Å². The number of nitrogens with one attached hydrogen (secondary N) is 1. The highest BCUT2D eigenvalue weighted by atomic mass is 35.5. The number of rotatable bonds is 5. The minimum atomic E-state index is -0.160. The van der Waals surface area contributed by atoms with Gasteiger partial charge in [-0.1, -0.05) is 41.6 Å². The summed E-state index contributed by atoms with van der Waals surface area (Å²) in [5.41, 5.74) is 3.19. The Balaban J connectivity index is 1.42. The largest absolute Gasteiger partial charge is 0.411 e. The van der Waals surface area contributed by atoms with E-state index in [-0.39, 0.29) is 11.7 Å². The molecule has 0 aliphatic rings. The van der Waals surface area contributed by atoms with E-state index in [1.807, 2.05) is 37.3 Å². The summed E-state index contributed by atoms with van der Waals surface area (Å²) in [6.45, 7) is 1.90. The third-order valence-electron chi connectivity index (χ3n) is 3.94. The van der Waals surface area contributed by atoms with Crippen molar-refractivity contribution in [1.82, 2.24) is 15.2 Å². The lowest BCUT2D eigenvalue weighted by molar-refractivity contribution is -0.113. The van der Waals surface area contributed by atoms with Gasteiger partial charge in [-0.3, -0.25) is 9.78 Å². The number of pyridine rings is 1. The number of nitrogens with zero attached hydrogens (tertiary/aromatic N) is 3. The first kappa shape index (κ1) is 18.5. The van der Waals surface area contributed by atoms with Crippen LogP contribution in [0.1, 0.15) is 5.69 Å². The fourth-order valence-electron chi connectivity index (χ4n) is 2.70. The molecular formula is C20H15ClN4O2S. The van der Waals surface area contributed by atoms with Crippen LogP contribution in [0.25, 0.3) is 22.4 Å². The van der Waals surface area contributed by atoms with Crippen LogP contribution in [-0.4, -0.2) is 26.8 Å². The van der Waals surface area contributed by atoms with Gasteiger partial charge >= 0.3 is 0 Å². The number of carbonyl (C=O) groups excluding carboxylic acids is 1. The predicted molar refractivity (Wildman–Crippen MR) is 111 cm³/mol. The van der Waals surface area contributed by atoms with Crippen LogP contribution < -0.4 is 5.32 Å². The van der Waals surface area contributed by atoms with E-state index >= 15 is 0 Å². The second-order valence-corrected chi connectivity index (χ2v) is 7.41. The van der Waals surface area contributed by atoms with E-state index in [1.165, 1.54) is 11.8 Å². The fourth-order valence-corrected chi connectivity index (χ4v) is 3.39. The van der Waals surface area contributed by atoms with Gasteiger partial charge in [0.05, 0.1) is 17.0 Å². The Labute approximate surface area is 170 Å². The third kappa shape index (κ3) is 4.16. The maximum atomic E-state index is 12.4. The molecule has 1 N–H and O–H groups in total. The van der Waals surface area contributed by atoms with Crippen molar-refractivity contribution in [2.24, 2.45) is 0 Å². The molecule has 2 heterocycles. The zero-order valence-corrected chi connectivity index (χ0v) is 16.4. The number of halogens is 1. The maximum Gasteiger partial charge on any atom is 0.277 e. The number of para-hydroxylation sites is 1. The van der Waals surface area contributed by atoms with Crippen LogP contribution in [0.5, 0.6) is 0 Å². The molecule has 0 saturated carbocycles. The Morgan fingerprint density at radius 1 is 1.14 bits per heavy atom. The molecule has 4 aromatic rings. The molecule has 0 spiro atoms. The van der Waals surface area contributed by atoms with Crippen LogP contribution in [0.2, 0.25) is 5.02 Å². The molecule has 28 heavy (non-hydrogen) atoms. The number of aryl methyl sites for hydroxylation is 1. The molecule has 0 bridgehead atoms. The van der Waals surface area contributed by atoms with Crippen molar-refractivity contribution in [3.63, 3.8) is 0 Å². The highest BCUT2D eigenvalue weighted by Crippen LogP contribution is 2.26. The smallest absolute Gasteiger partial charge is 0.277 e. The summed E-state index contributed by atoms with van der Waals surface area (Å²) in [5, 5.41) is 12.8. The van der Waals surface area contributed by atoms with Gasteiger partial charge in [-0.05, 0) is 43.3 Å². The predicted octanol–water partition coefficient (Wildman–Crippen LogP) is 4.98. The summed E-state index contributed by atoms with van der Waals surface area (Å²) in [4.78, 5) is 16.9. The number of hydrogen-bond acceptors (Lipinski definition) is 6. The lowest BCUT2D eigenvalue weighted by Crippen LogP contribution is -2.14. The number of benzene rings is 2. The Morgan fingerprint density at radius 3 is 2.75 bits per heavy atom. The van der Waals surface area contributed by atoms with E-state index in [1.54, 1.807) is 24.3 Å². The van der Waals surface area contributed by atoms with E-state index in [4.69, 9.17) is 16.0 Å². The van der Waals surface area contributed by atoms with E-state index < -0.39 is 0 Å². The Bertz CT molecular complexity index is 1140. The molecule has 1 amide bonds. The number of thioether (sulfide) groups is 1. The van der Waals surface area contributed by atoms with Gasteiger partial charge in [0.25, 0.3) is 5.22 Å². The number of amides is 1. The monoisotopic (exact) mass is 410 g/mol. The standard InChI is InChI=1S/C20H15ClN4O2S/c1-12-10-17(15-4-2-3-5-16(15)22-12)23-18(26)11-28-20-25-24-19(27-20)13-6-8-14(21)9-7-13/h2-10H,11H2,1H3,(H,22,23,26).